The molecule has 1 aromatic heterocycles. The molecule has 1 fully saturated rings. The second-order valence-corrected chi connectivity index (χ2v) is 4.49. The van der Waals surface area contributed by atoms with Crippen LogP contribution in [0.2, 0.25) is 0 Å². The van der Waals surface area contributed by atoms with Crippen LogP contribution < -0.4 is 10.1 Å². The summed E-state index contributed by atoms with van der Waals surface area (Å²) in [5.41, 5.74) is 1.89. The number of aromatic nitrogens is 1. The first-order valence-electron chi connectivity index (χ1n) is 6.17. The van der Waals surface area contributed by atoms with Crippen molar-refractivity contribution < 1.29 is 9.15 Å². The summed E-state index contributed by atoms with van der Waals surface area (Å²) < 4.78 is 10.8. The van der Waals surface area contributed by atoms with E-state index in [0.29, 0.717) is 5.92 Å². The fourth-order valence-electron chi connectivity index (χ4n) is 2.26. The SMILES string of the molecule is COc1cccc(-c2coc(C3CCNC3)n2)c1. The van der Waals surface area contributed by atoms with Gasteiger partial charge in [0.2, 0.25) is 0 Å². The fourth-order valence-corrected chi connectivity index (χ4v) is 2.26. The Labute approximate surface area is 106 Å². The highest BCUT2D eigenvalue weighted by atomic mass is 16.5. The summed E-state index contributed by atoms with van der Waals surface area (Å²) in [4.78, 5) is 4.58. The van der Waals surface area contributed by atoms with Crippen molar-refractivity contribution in [2.75, 3.05) is 20.2 Å². The predicted molar refractivity (Wildman–Crippen MR) is 68.7 cm³/mol. The predicted octanol–water partition coefficient (Wildman–Crippen LogP) is 2.43. The zero-order valence-corrected chi connectivity index (χ0v) is 10.3. The number of nitrogens with one attached hydrogen (secondary N) is 1. The molecule has 94 valence electrons. The zero-order valence-electron chi connectivity index (χ0n) is 10.3. The van der Waals surface area contributed by atoms with E-state index < -0.39 is 0 Å². The molecular formula is C14H16N2O2. The summed E-state index contributed by atoms with van der Waals surface area (Å²) in [6.45, 7) is 2.00. The third-order valence-corrected chi connectivity index (χ3v) is 3.30. The maximum atomic E-state index is 5.58. The Morgan fingerprint density at radius 3 is 3.17 bits per heavy atom. The number of hydrogen-bond acceptors (Lipinski definition) is 4. The largest absolute Gasteiger partial charge is 0.497 e. The molecule has 1 unspecified atom stereocenters. The Morgan fingerprint density at radius 1 is 1.44 bits per heavy atom. The first-order chi connectivity index (χ1) is 8.86. The van der Waals surface area contributed by atoms with Gasteiger partial charge in [0, 0.05) is 18.0 Å². The van der Waals surface area contributed by atoms with E-state index in [1.54, 1.807) is 13.4 Å². The second-order valence-electron chi connectivity index (χ2n) is 4.49. The molecule has 1 saturated heterocycles. The van der Waals surface area contributed by atoms with Crippen LogP contribution in [0.5, 0.6) is 5.75 Å². The monoisotopic (exact) mass is 244 g/mol. The van der Waals surface area contributed by atoms with Crippen molar-refractivity contribution in [3.8, 4) is 17.0 Å². The van der Waals surface area contributed by atoms with Gasteiger partial charge in [-0.05, 0) is 25.1 Å². The van der Waals surface area contributed by atoms with Gasteiger partial charge in [-0.3, -0.25) is 0 Å². The number of oxazole rings is 1. The summed E-state index contributed by atoms with van der Waals surface area (Å²) in [5.74, 6) is 2.07. The van der Waals surface area contributed by atoms with Crippen molar-refractivity contribution in [1.29, 1.82) is 0 Å². The summed E-state index contributed by atoms with van der Waals surface area (Å²) >= 11 is 0. The van der Waals surface area contributed by atoms with Crippen molar-refractivity contribution in [2.24, 2.45) is 0 Å². The van der Waals surface area contributed by atoms with Crippen molar-refractivity contribution >= 4 is 0 Å². The Bertz CT molecular complexity index is 530. The molecule has 1 atom stereocenters. The quantitative estimate of drug-likeness (QED) is 0.900. The number of methoxy groups -OCH3 is 1. The lowest BCUT2D eigenvalue weighted by Gasteiger charge is -2.02. The summed E-state index contributed by atoms with van der Waals surface area (Å²) in [7, 11) is 1.66. The van der Waals surface area contributed by atoms with Crippen molar-refractivity contribution in [3.05, 3.63) is 36.4 Å². The van der Waals surface area contributed by atoms with E-state index in [1.165, 1.54) is 0 Å². The second kappa shape index (κ2) is 4.82. The molecule has 0 spiro atoms. The molecule has 0 aliphatic carbocycles. The molecule has 1 aromatic carbocycles. The van der Waals surface area contributed by atoms with Crippen LogP contribution in [-0.4, -0.2) is 25.2 Å². The van der Waals surface area contributed by atoms with Crippen LogP contribution in [0.3, 0.4) is 0 Å². The number of nitrogens with zero attached hydrogens (tertiary/aromatic N) is 1. The molecule has 4 nitrogen and oxygen atoms in total. The molecule has 4 heteroatoms. The number of ether oxygens (including phenoxy) is 1. The molecule has 1 aliphatic heterocycles. The molecule has 2 heterocycles. The molecule has 0 radical (unpaired) electrons. The lowest BCUT2D eigenvalue weighted by atomic mass is 10.1. The molecule has 0 saturated carbocycles. The molecule has 0 bridgehead atoms. The smallest absolute Gasteiger partial charge is 0.199 e. The van der Waals surface area contributed by atoms with Crippen molar-refractivity contribution in [2.45, 2.75) is 12.3 Å². The highest BCUT2D eigenvalue weighted by Gasteiger charge is 2.21. The minimum absolute atomic E-state index is 0.407. The maximum absolute atomic E-state index is 5.58. The van der Waals surface area contributed by atoms with Crippen LogP contribution in [0.25, 0.3) is 11.3 Å². The van der Waals surface area contributed by atoms with Crippen molar-refractivity contribution in [3.63, 3.8) is 0 Å². The Morgan fingerprint density at radius 2 is 2.39 bits per heavy atom. The van der Waals surface area contributed by atoms with Gasteiger partial charge in [0.25, 0.3) is 0 Å². The van der Waals surface area contributed by atoms with E-state index in [4.69, 9.17) is 9.15 Å². The average molecular weight is 244 g/mol. The average Bonchev–Trinajstić information content (AvgIpc) is 3.09. The van der Waals surface area contributed by atoms with Gasteiger partial charge in [0.15, 0.2) is 5.89 Å². The van der Waals surface area contributed by atoms with Crippen LogP contribution in [0, 0.1) is 0 Å². The minimum atomic E-state index is 0.407. The van der Waals surface area contributed by atoms with E-state index in [-0.39, 0.29) is 0 Å². The summed E-state index contributed by atoms with van der Waals surface area (Å²) in [6, 6.07) is 7.86. The Hall–Kier alpha value is -1.81. The Balaban J connectivity index is 1.87. The van der Waals surface area contributed by atoms with Gasteiger partial charge >= 0.3 is 0 Å². The van der Waals surface area contributed by atoms with Crippen molar-refractivity contribution in [1.82, 2.24) is 10.3 Å². The topological polar surface area (TPSA) is 47.3 Å². The number of benzene rings is 1. The van der Waals surface area contributed by atoms with Crippen LogP contribution in [0.15, 0.2) is 34.9 Å². The third kappa shape index (κ3) is 2.11. The first kappa shape index (κ1) is 11.3. The van der Waals surface area contributed by atoms with Gasteiger partial charge in [0.1, 0.15) is 17.7 Å². The molecule has 18 heavy (non-hydrogen) atoms. The van der Waals surface area contributed by atoms with Crippen LogP contribution >= 0.6 is 0 Å². The highest BCUT2D eigenvalue weighted by molar-refractivity contribution is 5.60. The third-order valence-electron chi connectivity index (χ3n) is 3.30. The summed E-state index contributed by atoms with van der Waals surface area (Å²) in [5, 5.41) is 3.32. The fraction of sp³-hybridized carbons (Fsp3) is 0.357. The molecular weight excluding hydrogens is 228 g/mol. The molecule has 3 rings (SSSR count). The first-order valence-corrected chi connectivity index (χ1v) is 6.17. The lowest BCUT2D eigenvalue weighted by Crippen LogP contribution is -2.08. The van der Waals surface area contributed by atoms with E-state index in [2.05, 4.69) is 10.3 Å². The normalized spacial score (nSPS) is 19.1. The van der Waals surface area contributed by atoms with E-state index in [9.17, 15) is 0 Å². The van der Waals surface area contributed by atoms with Gasteiger partial charge < -0.3 is 14.5 Å². The maximum Gasteiger partial charge on any atom is 0.199 e. The van der Waals surface area contributed by atoms with E-state index in [1.807, 2.05) is 24.3 Å². The molecule has 1 aliphatic rings. The van der Waals surface area contributed by atoms with E-state index in [0.717, 1.165) is 42.4 Å². The number of rotatable bonds is 3. The lowest BCUT2D eigenvalue weighted by molar-refractivity contribution is 0.415. The Kier molecular flexibility index (Phi) is 3.02. The van der Waals surface area contributed by atoms with Gasteiger partial charge in [0.05, 0.1) is 7.11 Å². The van der Waals surface area contributed by atoms with Gasteiger partial charge in [-0.2, -0.15) is 0 Å². The molecule has 1 N–H and O–H groups in total. The molecule has 0 amide bonds. The van der Waals surface area contributed by atoms with Crippen LogP contribution in [0.1, 0.15) is 18.2 Å². The van der Waals surface area contributed by atoms with Crippen LogP contribution in [0.4, 0.5) is 0 Å². The standard InChI is InChI=1S/C14H16N2O2/c1-17-12-4-2-3-10(7-12)13-9-18-14(16-13)11-5-6-15-8-11/h2-4,7,9,11,15H,5-6,8H2,1H3. The summed E-state index contributed by atoms with van der Waals surface area (Å²) in [6.07, 6.45) is 2.82. The van der Waals surface area contributed by atoms with Gasteiger partial charge in [-0.25, -0.2) is 4.98 Å². The van der Waals surface area contributed by atoms with Crippen LogP contribution in [-0.2, 0) is 0 Å². The minimum Gasteiger partial charge on any atom is -0.497 e. The van der Waals surface area contributed by atoms with Gasteiger partial charge in [-0.1, -0.05) is 12.1 Å². The molecule has 2 aromatic rings. The van der Waals surface area contributed by atoms with Gasteiger partial charge in [-0.15, -0.1) is 0 Å². The van der Waals surface area contributed by atoms with E-state index >= 15 is 0 Å². The zero-order chi connectivity index (χ0) is 12.4. The number of hydrogen-bond donors (Lipinski definition) is 1. The highest BCUT2D eigenvalue weighted by Crippen LogP contribution is 2.27.